The standard InChI is InChI=1S/C32H20BrClF6N2O3/c1-45-22-5-2-16(3-6-22)15-42-29(23-14-20(35)4-7-25(23)34)28-24(31(42)44)8-17(10-27(33)37)9-26(28)41-30(43)18-11-19(32(38,39)40)13-21(36)12-18/h2-14,29H,15H2,1H3,(H,41,43). The molecule has 13 heteroatoms. The Morgan fingerprint density at radius 1 is 1.02 bits per heavy atom. The van der Waals surface area contributed by atoms with Gasteiger partial charge in [0.2, 0.25) is 0 Å². The molecule has 1 aliphatic heterocycles. The van der Waals surface area contributed by atoms with Crippen molar-refractivity contribution in [2.24, 2.45) is 0 Å². The van der Waals surface area contributed by atoms with Gasteiger partial charge >= 0.3 is 6.18 Å². The number of anilines is 1. The van der Waals surface area contributed by atoms with Crippen molar-refractivity contribution in [2.75, 3.05) is 12.4 Å². The van der Waals surface area contributed by atoms with Crippen molar-refractivity contribution in [3.63, 3.8) is 0 Å². The first-order valence-electron chi connectivity index (χ1n) is 13.0. The number of nitrogens with one attached hydrogen (secondary N) is 1. The van der Waals surface area contributed by atoms with Crippen molar-refractivity contribution in [1.29, 1.82) is 0 Å². The second-order valence-electron chi connectivity index (χ2n) is 9.99. The highest BCUT2D eigenvalue weighted by Crippen LogP contribution is 2.46. The highest BCUT2D eigenvalue weighted by Gasteiger charge is 2.41. The fraction of sp³-hybridized carbons (Fsp3) is 0.125. The number of amides is 2. The number of rotatable bonds is 7. The maximum Gasteiger partial charge on any atom is 0.416 e. The number of alkyl halides is 3. The third-order valence-corrected chi connectivity index (χ3v) is 7.63. The van der Waals surface area contributed by atoms with Crippen molar-refractivity contribution in [3.05, 3.63) is 133 Å². The van der Waals surface area contributed by atoms with E-state index < -0.39 is 51.5 Å². The molecule has 0 aliphatic carbocycles. The van der Waals surface area contributed by atoms with E-state index in [4.69, 9.17) is 16.3 Å². The van der Waals surface area contributed by atoms with Gasteiger partial charge in [-0.25, -0.2) is 8.78 Å². The van der Waals surface area contributed by atoms with Crippen LogP contribution in [0.25, 0.3) is 6.08 Å². The first kappa shape index (κ1) is 32.1. The van der Waals surface area contributed by atoms with Crippen LogP contribution in [0.1, 0.15) is 54.6 Å². The van der Waals surface area contributed by atoms with Gasteiger partial charge < -0.3 is 15.0 Å². The Hall–Kier alpha value is -4.29. The molecular weight excluding hydrogens is 690 g/mol. The predicted octanol–water partition coefficient (Wildman–Crippen LogP) is 9.31. The quantitative estimate of drug-likeness (QED) is 0.195. The molecule has 0 aromatic heterocycles. The zero-order valence-corrected chi connectivity index (χ0v) is 25.3. The number of fused-ring (bicyclic) bond motifs is 1. The van der Waals surface area contributed by atoms with Crippen LogP contribution in [-0.4, -0.2) is 23.8 Å². The molecule has 0 radical (unpaired) electrons. The number of carbonyl (C=O) groups is 2. The lowest BCUT2D eigenvalue weighted by Gasteiger charge is -2.28. The van der Waals surface area contributed by atoms with Crippen LogP contribution in [0.3, 0.4) is 0 Å². The van der Waals surface area contributed by atoms with E-state index in [1.807, 2.05) is 0 Å². The van der Waals surface area contributed by atoms with Gasteiger partial charge in [-0.3, -0.25) is 9.59 Å². The summed E-state index contributed by atoms with van der Waals surface area (Å²) in [4.78, 5) is 28.7. The average molecular weight is 710 g/mol. The maximum atomic E-state index is 14.6. The van der Waals surface area contributed by atoms with Crippen LogP contribution in [0.15, 0.2) is 77.5 Å². The second kappa shape index (κ2) is 12.6. The van der Waals surface area contributed by atoms with E-state index in [1.54, 1.807) is 24.3 Å². The van der Waals surface area contributed by atoms with Gasteiger partial charge in [-0.05, 0) is 93.8 Å². The van der Waals surface area contributed by atoms with E-state index in [0.717, 1.165) is 18.2 Å². The van der Waals surface area contributed by atoms with Gasteiger partial charge in [-0.2, -0.15) is 17.6 Å². The lowest BCUT2D eigenvalue weighted by atomic mass is 9.93. The number of ether oxygens (including phenoxy) is 1. The first-order chi connectivity index (χ1) is 21.2. The monoisotopic (exact) mass is 708 g/mol. The van der Waals surface area contributed by atoms with E-state index in [1.165, 1.54) is 30.2 Å². The van der Waals surface area contributed by atoms with Crippen LogP contribution in [-0.2, 0) is 12.7 Å². The molecule has 1 atom stereocenters. The first-order valence-corrected chi connectivity index (χ1v) is 14.2. The minimum atomic E-state index is -4.94. The molecule has 1 N–H and O–H groups in total. The molecule has 2 amide bonds. The SMILES string of the molecule is COc1ccc(CN2C(=O)c3cc(C=C(F)Br)cc(NC(=O)c4cc(F)cc(C(F)(F)F)c4)c3C2c2cc(F)ccc2Cl)cc1. The average Bonchev–Trinajstić information content (AvgIpc) is 3.24. The molecule has 0 saturated heterocycles. The summed E-state index contributed by atoms with van der Waals surface area (Å²) < 4.78 is 87.2. The molecule has 232 valence electrons. The summed E-state index contributed by atoms with van der Waals surface area (Å²) in [5, 5.41) is 2.54. The molecule has 0 saturated carbocycles. The zero-order chi connectivity index (χ0) is 32.6. The number of methoxy groups -OCH3 is 1. The van der Waals surface area contributed by atoms with Gasteiger partial charge in [0.05, 0.1) is 18.7 Å². The Kier molecular flexibility index (Phi) is 8.99. The smallest absolute Gasteiger partial charge is 0.416 e. The number of hydrogen-bond acceptors (Lipinski definition) is 3. The molecule has 1 aliphatic rings. The van der Waals surface area contributed by atoms with E-state index in [0.29, 0.717) is 23.4 Å². The Morgan fingerprint density at radius 2 is 1.73 bits per heavy atom. The van der Waals surface area contributed by atoms with Gasteiger partial charge in [-0.1, -0.05) is 23.7 Å². The molecule has 0 fully saturated rings. The van der Waals surface area contributed by atoms with Crippen LogP contribution in [0.2, 0.25) is 5.02 Å². The summed E-state index contributed by atoms with van der Waals surface area (Å²) in [5.74, 6) is -3.15. The van der Waals surface area contributed by atoms with Crippen LogP contribution in [0, 0.1) is 11.6 Å². The van der Waals surface area contributed by atoms with Crippen molar-refractivity contribution >= 4 is 51.1 Å². The van der Waals surface area contributed by atoms with Gasteiger partial charge in [-0.15, -0.1) is 0 Å². The lowest BCUT2D eigenvalue weighted by molar-refractivity contribution is -0.137. The molecule has 1 heterocycles. The van der Waals surface area contributed by atoms with Crippen molar-refractivity contribution in [1.82, 2.24) is 4.90 Å². The fourth-order valence-electron chi connectivity index (χ4n) is 5.10. The lowest BCUT2D eigenvalue weighted by Crippen LogP contribution is -2.28. The molecule has 0 spiro atoms. The van der Waals surface area contributed by atoms with Crippen LogP contribution in [0.5, 0.6) is 5.75 Å². The summed E-state index contributed by atoms with van der Waals surface area (Å²) in [6.07, 6.45) is -3.94. The summed E-state index contributed by atoms with van der Waals surface area (Å²) in [7, 11) is 1.49. The Morgan fingerprint density at radius 3 is 2.38 bits per heavy atom. The molecular formula is C32H20BrClF6N2O3. The minimum absolute atomic E-state index is 0.0122. The minimum Gasteiger partial charge on any atom is -0.497 e. The third kappa shape index (κ3) is 6.86. The molecule has 5 rings (SSSR count). The number of hydrogen-bond donors (Lipinski definition) is 1. The van der Waals surface area contributed by atoms with Crippen molar-refractivity contribution < 1.29 is 40.7 Å². The second-order valence-corrected chi connectivity index (χ2v) is 11.2. The van der Waals surface area contributed by atoms with Gasteiger partial charge in [0.1, 0.15) is 17.4 Å². The largest absolute Gasteiger partial charge is 0.497 e. The summed E-state index contributed by atoms with van der Waals surface area (Å²) in [6, 6.07) is 13.2. The van der Waals surface area contributed by atoms with E-state index >= 15 is 0 Å². The predicted molar refractivity (Wildman–Crippen MR) is 160 cm³/mol. The number of nitrogens with zero attached hydrogens (tertiary/aromatic N) is 1. The topological polar surface area (TPSA) is 58.6 Å². The number of benzene rings is 4. The number of halogens is 8. The summed E-state index contributed by atoms with van der Waals surface area (Å²) >= 11 is 9.19. The zero-order valence-electron chi connectivity index (χ0n) is 23.0. The van der Waals surface area contributed by atoms with Gasteiger partial charge in [0.15, 0.2) is 4.74 Å². The highest BCUT2D eigenvalue weighted by molar-refractivity contribution is 9.11. The highest BCUT2D eigenvalue weighted by atomic mass is 79.9. The van der Waals surface area contributed by atoms with E-state index in [-0.39, 0.29) is 45.6 Å². The molecule has 5 nitrogen and oxygen atoms in total. The Labute approximate surface area is 266 Å². The number of carbonyl (C=O) groups excluding carboxylic acids is 2. The molecule has 45 heavy (non-hydrogen) atoms. The molecule has 0 bridgehead atoms. The molecule has 4 aromatic carbocycles. The van der Waals surface area contributed by atoms with E-state index in [9.17, 15) is 35.9 Å². The summed E-state index contributed by atoms with van der Waals surface area (Å²) in [5.41, 5.74) is -1.18. The van der Waals surface area contributed by atoms with E-state index in [2.05, 4.69) is 21.2 Å². The Bertz CT molecular complexity index is 1840. The molecule has 4 aromatic rings. The fourth-order valence-corrected chi connectivity index (χ4v) is 5.59. The van der Waals surface area contributed by atoms with Crippen LogP contribution < -0.4 is 10.1 Å². The maximum absolute atomic E-state index is 14.6. The molecule has 1 unspecified atom stereocenters. The summed E-state index contributed by atoms with van der Waals surface area (Å²) in [6.45, 7) is -0.0286. The van der Waals surface area contributed by atoms with Gasteiger partial charge in [0, 0.05) is 39.5 Å². The Balaban J connectivity index is 1.68. The van der Waals surface area contributed by atoms with Crippen molar-refractivity contribution in [3.8, 4) is 5.75 Å². The third-order valence-electron chi connectivity index (χ3n) is 7.05. The normalized spacial score (nSPS) is 14.9. The van der Waals surface area contributed by atoms with Crippen LogP contribution >= 0.6 is 27.5 Å². The van der Waals surface area contributed by atoms with Gasteiger partial charge in [0.25, 0.3) is 11.8 Å². The van der Waals surface area contributed by atoms with Crippen molar-refractivity contribution in [2.45, 2.75) is 18.8 Å². The van der Waals surface area contributed by atoms with Crippen LogP contribution in [0.4, 0.5) is 32.0 Å².